The molecule has 0 amide bonds. The molecule has 1 fully saturated rings. The zero-order valence-corrected chi connectivity index (χ0v) is 10.4. The molecular weight excluding hydrogens is 237 g/mol. The molecule has 1 unspecified atom stereocenters. The van der Waals surface area contributed by atoms with Crippen LogP contribution in [0.25, 0.3) is 0 Å². The second kappa shape index (κ2) is 6.13. The van der Waals surface area contributed by atoms with Gasteiger partial charge >= 0.3 is 0 Å². The van der Waals surface area contributed by atoms with Crippen LogP contribution < -0.4 is 4.74 Å². The number of hydrogen-bond donors (Lipinski definition) is 1. The van der Waals surface area contributed by atoms with Gasteiger partial charge in [0.2, 0.25) is 0 Å². The zero-order valence-electron chi connectivity index (χ0n) is 10.4. The SMILES string of the molecule is COc1ccc(F)cc1C(CO)N1CCOCC1. The van der Waals surface area contributed by atoms with Crippen molar-refractivity contribution in [1.29, 1.82) is 0 Å². The van der Waals surface area contributed by atoms with Crippen LogP contribution in [0.2, 0.25) is 0 Å². The number of hydrogen-bond acceptors (Lipinski definition) is 4. The summed E-state index contributed by atoms with van der Waals surface area (Å²) in [5.74, 6) is 0.277. The average molecular weight is 255 g/mol. The van der Waals surface area contributed by atoms with E-state index in [1.54, 1.807) is 13.2 Å². The van der Waals surface area contributed by atoms with E-state index in [-0.39, 0.29) is 18.5 Å². The number of halogens is 1. The molecule has 4 nitrogen and oxygen atoms in total. The highest BCUT2D eigenvalue weighted by molar-refractivity contribution is 5.36. The lowest BCUT2D eigenvalue weighted by Gasteiger charge is -2.34. The lowest BCUT2D eigenvalue weighted by molar-refractivity contribution is 0.00198. The molecule has 1 atom stereocenters. The summed E-state index contributed by atoms with van der Waals surface area (Å²) in [7, 11) is 1.55. The van der Waals surface area contributed by atoms with E-state index in [9.17, 15) is 9.50 Å². The van der Waals surface area contributed by atoms with Crippen molar-refractivity contribution in [1.82, 2.24) is 4.90 Å². The Labute approximate surface area is 106 Å². The molecule has 2 rings (SSSR count). The Morgan fingerprint density at radius 2 is 2.17 bits per heavy atom. The summed E-state index contributed by atoms with van der Waals surface area (Å²) in [4.78, 5) is 2.08. The molecule has 1 aromatic rings. The fourth-order valence-corrected chi connectivity index (χ4v) is 2.27. The first-order valence-corrected chi connectivity index (χ1v) is 6.02. The number of methoxy groups -OCH3 is 1. The number of ether oxygens (including phenoxy) is 2. The predicted molar refractivity (Wildman–Crippen MR) is 65.2 cm³/mol. The van der Waals surface area contributed by atoms with Crippen LogP contribution in [0.1, 0.15) is 11.6 Å². The Bertz CT molecular complexity index is 394. The molecule has 0 aliphatic carbocycles. The summed E-state index contributed by atoms with van der Waals surface area (Å²) >= 11 is 0. The topological polar surface area (TPSA) is 41.9 Å². The van der Waals surface area contributed by atoms with Gasteiger partial charge in [0.25, 0.3) is 0 Å². The van der Waals surface area contributed by atoms with Crippen molar-refractivity contribution in [3.05, 3.63) is 29.6 Å². The molecule has 18 heavy (non-hydrogen) atoms. The molecule has 0 bridgehead atoms. The number of morpholine rings is 1. The predicted octanol–water partition coefficient (Wildman–Crippen LogP) is 1.20. The first kappa shape index (κ1) is 13.3. The van der Waals surface area contributed by atoms with E-state index < -0.39 is 0 Å². The third-order valence-electron chi connectivity index (χ3n) is 3.21. The fraction of sp³-hybridized carbons (Fsp3) is 0.538. The molecule has 1 N–H and O–H groups in total. The molecule has 5 heteroatoms. The smallest absolute Gasteiger partial charge is 0.123 e. The van der Waals surface area contributed by atoms with Crippen LogP contribution in [0.4, 0.5) is 4.39 Å². The third kappa shape index (κ3) is 2.80. The van der Waals surface area contributed by atoms with Gasteiger partial charge in [-0.1, -0.05) is 0 Å². The first-order chi connectivity index (χ1) is 8.76. The number of benzene rings is 1. The average Bonchev–Trinajstić information content (AvgIpc) is 2.41. The fourth-order valence-electron chi connectivity index (χ4n) is 2.27. The molecule has 0 spiro atoms. The highest BCUT2D eigenvalue weighted by Crippen LogP contribution is 2.30. The van der Waals surface area contributed by atoms with Crippen LogP contribution in [0.3, 0.4) is 0 Å². The van der Waals surface area contributed by atoms with E-state index in [0.29, 0.717) is 24.5 Å². The highest BCUT2D eigenvalue weighted by Gasteiger charge is 2.24. The van der Waals surface area contributed by atoms with Gasteiger partial charge in [-0.3, -0.25) is 4.90 Å². The van der Waals surface area contributed by atoms with Gasteiger partial charge in [0.1, 0.15) is 11.6 Å². The van der Waals surface area contributed by atoms with Crippen LogP contribution in [0, 0.1) is 5.82 Å². The molecule has 1 aliphatic heterocycles. The molecule has 100 valence electrons. The van der Waals surface area contributed by atoms with Crippen molar-refractivity contribution in [2.75, 3.05) is 40.0 Å². The number of aliphatic hydroxyl groups is 1. The van der Waals surface area contributed by atoms with Crippen molar-refractivity contribution >= 4 is 0 Å². The Balaban J connectivity index is 2.27. The minimum absolute atomic E-state index is 0.0696. The van der Waals surface area contributed by atoms with Crippen molar-refractivity contribution < 1.29 is 19.0 Å². The normalized spacial score (nSPS) is 18.6. The summed E-state index contributed by atoms with van der Waals surface area (Å²) in [6.45, 7) is 2.65. The summed E-state index contributed by atoms with van der Waals surface area (Å²) < 4.78 is 23.9. The largest absolute Gasteiger partial charge is 0.496 e. The quantitative estimate of drug-likeness (QED) is 0.878. The van der Waals surface area contributed by atoms with Gasteiger partial charge in [0, 0.05) is 18.7 Å². The standard InChI is InChI=1S/C13H18FNO3/c1-17-13-3-2-10(14)8-11(13)12(9-16)15-4-6-18-7-5-15/h2-3,8,12,16H,4-7,9H2,1H3. The lowest BCUT2D eigenvalue weighted by atomic mass is 10.0. The maximum Gasteiger partial charge on any atom is 0.123 e. The molecule has 1 saturated heterocycles. The van der Waals surface area contributed by atoms with E-state index in [0.717, 1.165) is 13.1 Å². The summed E-state index contributed by atoms with van der Waals surface area (Å²) in [5.41, 5.74) is 0.682. The van der Waals surface area contributed by atoms with E-state index in [1.165, 1.54) is 12.1 Å². The van der Waals surface area contributed by atoms with Gasteiger partial charge < -0.3 is 14.6 Å². The Hall–Kier alpha value is -1.17. The van der Waals surface area contributed by atoms with Gasteiger partial charge in [0.15, 0.2) is 0 Å². The monoisotopic (exact) mass is 255 g/mol. The molecule has 0 saturated carbocycles. The van der Waals surface area contributed by atoms with E-state index in [4.69, 9.17) is 9.47 Å². The van der Waals surface area contributed by atoms with Crippen molar-refractivity contribution in [2.45, 2.75) is 6.04 Å². The van der Waals surface area contributed by atoms with Crippen LogP contribution in [-0.4, -0.2) is 50.0 Å². The Morgan fingerprint density at radius 1 is 1.44 bits per heavy atom. The minimum atomic E-state index is -0.322. The van der Waals surface area contributed by atoms with Crippen molar-refractivity contribution in [2.24, 2.45) is 0 Å². The molecule has 1 aliphatic rings. The number of rotatable bonds is 4. The molecular formula is C13H18FNO3. The van der Waals surface area contributed by atoms with Crippen LogP contribution in [0.5, 0.6) is 5.75 Å². The van der Waals surface area contributed by atoms with Crippen LogP contribution in [-0.2, 0) is 4.74 Å². The summed E-state index contributed by atoms with van der Waals surface area (Å²) in [6, 6.07) is 4.12. The van der Waals surface area contributed by atoms with Gasteiger partial charge in [-0.25, -0.2) is 4.39 Å². The van der Waals surface area contributed by atoms with Crippen LogP contribution in [0.15, 0.2) is 18.2 Å². The number of nitrogens with zero attached hydrogens (tertiary/aromatic N) is 1. The second-order valence-corrected chi connectivity index (χ2v) is 4.23. The molecule has 1 heterocycles. The molecule has 0 radical (unpaired) electrons. The van der Waals surface area contributed by atoms with Gasteiger partial charge in [-0.15, -0.1) is 0 Å². The van der Waals surface area contributed by atoms with Crippen LogP contribution >= 0.6 is 0 Å². The van der Waals surface area contributed by atoms with Gasteiger partial charge in [-0.05, 0) is 18.2 Å². The number of aliphatic hydroxyl groups excluding tert-OH is 1. The van der Waals surface area contributed by atoms with Crippen molar-refractivity contribution in [3.8, 4) is 5.75 Å². The van der Waals surface area contributed by atoms with Gasteiger partial charge in [-0.2, -0.15) is 0 Å². The second-order valence-electron chi connectivity index (χ2n) is 4.23. The summed E-state index contributed by atoms with van der Waals surface area (Å²) in [6.07, 6.45) is 0. The summed E-state index contributed by atoms with van der Waals surface area (Å²) in [5, 5.41) is 9.58. The maximum atomic E-state index is 13.4. The molecule has 1 aromatic carbocycles. The third-order valence-corrected chi connectivity index (χ3v) is 3.21. The minimum Gasteiger partial charge on any atom is -0.496 e. The lowest BCUT2D eigenvalue weighted by Crippen LogP contribution is -2.40. The highest BCUT2D eigenvalue weighted by atomic mass is 19.1. The Morgan fingerprint density at radius 3 is 2.78 bits per heavy atom. The first-order valence-electron chi connectivity index (χ1n) is 6.02. The van der Waals surface area contributed by atoms with E-state index >= 15 is 0 Å². The maximum absolute atomic E-state index is 13.4. The zero-order chi connectivity index (χ0) is 13.0. The Kier molecular flexibility index (Phi) is 4.52. The van der Waals surface area contributed by atoms with E-state index in [1.807, 2.05) is 0 Å². The van der Waals surface area contributed by atoms with Gasteiger partial charge in [0.05, 0.1) is 33.0 Å². The van der Waals surface area contributed by atoms with E-state index in [2.05, 4.69) is 4.90 Å². The molecule has 0 aromatic heterocycles. The van der Waals surface area contributed by atoms with Crippen molar-refractivity contribution in [3.63, 3.8) is 0 Å².